The fourth-order valence-corrected chi connectivity index (χ4v) is 14.2. The molecular weight excluding hydrogens is 1180 g/mol. The van der Waals surface area contributed by atoms with Gasteiger partial charge in [0, 0.05) is 38.5 Å². The van der Waals surface area contributed by atoms with Gasteiger partial charge in [0.2, 0.25) is 0 Å². The van der Waals surface area contributed by atoms with Gasteiger partial charge in [0.1, 0.15) is 34.5 Å². The molecule has 0 spiro atoms. The summed E-state index contributed by atoms with van der Waals surface area (Å²) < 4.78 is 43.4. The standard InChI is InChI=1S/C90H132O6/c1-7-13-19-25-31-37-61-91-85-73-49-43-50-74(85)68-76-52-45-54-78(87(76)93-63-39-33-27-21-15-9-3)70-80-56-47-58-82(89(80)95-65-41-35-29-23-17-11-5)72-84-60-48-59-83(90(84)96-66-42-36-30-24-18-12-6)71-81-57-46-55-79(88(81)94-64-40-34-28-22-16-10-4)69-77-53-44-51-75(67-73)86(77)92-62-38-32-26-20-14-8-2/h43-60H,7-42,61-72H2,1-6H3. The number of hydrogen-bond donors (Lipinski definition) is 0. The van der Waals surface area contributed by atoms with Gasteiger partial charge < -0.3 is 28.4 Å². The molecule has 0 N–H and O–H groups in total. The number of ether oxygens (including phenoxy) is 6. The highest BCUT2D eigenvalue weighted by Crippen LogP contribution is 2.41. The van der Waals surface area contributed by atoms with Crippen LogP contribution >= 0.6 is 0 Å². The van der Waals surface area contributed by atoms with Gasteiger partial charge in [0.05, 0.1) is 39.6 Å². The maximum atomic E-state index is 7.24. The number of para-hydroxylation sites is 6. The van der Waals surface area contributed by atoms with E-state index in [1.807, 2.05) is 0 Å². The Hall–Kier alpha value is -5.88. The van der Waals surface area contributed by atoms with Crippen LogP contribution in [-0.2, 0) is 38.5 Å². The fourth-order valence-electron chi connectivity index (χ4n) is 14.2. The molecule has 0 aliphatic heterocycles. The minimum Gasteiger partial charge on any atom is -0.493 e. The molecule has 1 aliphatic rings. The summed E-state index contributed by atoms with van der Waals surface area (Å²) in [5, 5.41) is 0. The first-order chi connectivity index (χ1) is 47.5. The third-order valence-electron chi connectivity index (χ3n) is 19.8. The maximum Gasteiger partial charge on any atom is 0.126 e. The Morgan fingerprint density at radius 1 is 0.167 bits per heavy atom. The van der Waals surface area contributed by atoms with Crippen molar-refractivity contribution in [2.75, 3.05) is 39.6 Å². The second-order valence-electron chi connectivity index (χ2n) is 28.2. The van der Waals surface area contributed by atoms with E-state index in [2.05, 4.69) is 151 Å². The van der Waals surface area contributed by atoms with Gasteiger partial charge in [0.25, 0.3) is 0 Å². The van der Waals surface area contributed by atoms with Crippen molar-refractivity contribution < 1.29 is 28.4 Å². The van der Waals surface area contributed by atoms with E-state index in [1.165, 1.54) is 259 Å². The molecule has 0 amide bonds. The normalized spacial score (nSPS) is 12.3. The first kappa shape index (κ1) is 77.5. The quantitative estimate of drug-likeness (QED) is 0.0354. The van der Waals surface area contributed by atoms with Crippen molar-refractivity contribution in [3.8, 4) is 34.5 Å². The minimum atomic E-state index is 0.686. The Bertz CT molecular complexity index is 2380. The lowest BCUT2D eigenvalue weighted by molar-refractivity contribution is 0.293. The summed E-state index contributed by atoms with van der Waals surface area (Å²) in [6.07, 6.45) is 47.8. The molecule has 0 fully saturated rings. The average Bonchev–Trinajstić information content (AvgIpc) is 0.824. The molecule has 1 aliphatic carbocycles. The van der Waals surface area contributed by atoms with Crippen LogP contribution in [-0.4, -0.2) is 39.6 Å². The molecule has 0 unspecified atom stereocenters. The van der Waals surface area contributed by atoms with Crippen LogP contribution in [0.1, 0.15) is 339 Å². The van der Waals surface area contributed by atoms with Crippen molar-refractivity contribution >= 4 is 0 Å². The monoisotopic (exact) mass is 1310 g/mol. The Kier molecular flexibility index (Phi) is 38.7. The topological polar surface area (TPSA) is 55.4 Å². The molecule has 0 aromatic heterocycles. The molecular formula is C90H132O6. The molecule has 0 radical (unpaired) electrons. The van der Waals surface area contributed by atoms with Crippen LogP contribution in [0.15, 0.2) is 109 Å². The zero-order valence-corrected chi connectivity index (χ0v) is 61.8. The Morgan fingerprint density at radius 3 is 0.406 bits per heavy atom. The van der Waals surface area contributed by atoms with Crippen molar-refractivity contribution in [1.29, 1.82) is 0 Å². The molecule has 6 aromatic carbocycles. The average molecular weight is 1310 g/mol. The largest absolute Gasteiger partial charge is 0.493 e. The van der Waals surface area contributed by atoms with Gasteiger partial charge >= 0.3 is 0 Å². The van der Waals surface area contributed by atoms with Crippen LogP contribution in [0, 0.1) is 0 Å². The van der Waals surface area contributed by atoms with Gasteiger partial charge in [-0.15, -0.1) is 0 Å². The Morgan fingerprint density at radius 2 is 0.281 bits per heavy atom. The summed E-state index contributed by atoms with van der Waals surface area (Å²) in [7, 11) is 0. The van der Waals surface area contributed by atoms with E-state index < -0.39 is 0 Å². The van der Waals surface area contributed by atoms with Crippen LogP contribution in [0.2, 0.25) is 0 Å². The highest BCUT2D eigenvalue weighted by molar-refractivity contribution is 5.57. The second kappa shape index (κ2) is 48.0. The van der Waals surface area contributed by atoms with Gasteiger partial charge in [0.15, 0.2) is 0 Å². The molecule has 0 saturated heterocycles. The van der Waals surface area contributed by atoms with Crippen LogP contribution < -0.4 is 28.4 Å². The van der Waals surface area contributed by atoms with E-state index >= 15 is 0 Å². The fraction of sp³-hybridized carbons (Fsp3) is 0.600. The van der Waals surface area contributed by atoms with Gasteiger partial charge in [-0.25, -0.2) is 0 Å². The lowest BCUT2D eigenvalue weighted by Gasteiger charge is -2.23. The van der Waals surface area contributed by atoms with Crippen LogP contribution in [0.5, 0.6) is 34.5 Å². The van der Waals surface area contributed by atoms with Crippen molar-refractivity contribution in [3.63, 3.8) is 0 Å². The zero-order valence-electron chi connectivity index (χ0n) is 61.8. The number of fused-ring (bicyclic) bond motifs is 12. The maximum absolute atomic E-state index is 7.24. The first-order valence-corrected chi connectivity index (χ1v) is 39.9. The zero-order chi connectivity index (χ0) is 67.3. The second-order valence-corrected chi connectivity index (χ2v) is 28.2. The molecule has 6 heteroatoms. The summed E-state index contributed by atoms with van der Waals surface area (Å²) in [5.41, 5.74) is 14.4. The Labute approximate surface area is 586 Å². The van der Waals surface area contributed by atoms with E-state index in [0.29, 0.717) is 78.2 Å². The van der Waals surface area contributed by atoms with Crippen LogP contribution in [0.3, 0.4) is 0 Å². The van der Waals surface area contributed by atoms with E-state index in [1.54, 1.807) is 0 Å². The van der Waals surface area contributed by atoms with Crippen molar-refractivity contribution in [3.05, 3.63) is 176 Å². The molecule has 6 aromatic rings. The predicted octanol–water partition coefficient (Wildman–Crippen LogP) is 26.0. The van der Waals surface area contributed by atoms with E-state index in [9.17, 15) is 0 Å². The predicted molar refractivity (Wildman–Crippen MR) is 409 cm³/mol. The van der Waals surface area contributed by atoms with Crippen LogP contribution in [0.4, 0.5) is 0 Å². The van der Waals surface area contributed by atoms with Gasteiger partial charge in [-0.3, -0.25) is 0 Å². The summed E-state index contributed by atoms with van der Waals surface area (Å²) in [4.78, 5) is 0. The van der Waals surface area contributed by atoms with Crippen molar-refractivity contribution in [2.45, 2.75) is 311 Å². The van der Waals surface area contributed by atoms with Gasteiger partial charge in [-0.2, -0.15) is 0 Å². The van der Waals surface area contributed by atoms with E-state index in [4.69, 9.17) is 28.4 Å². The number of hydrogen-bond acceptors (Lipinski definition) is 6. The lowest BCUT2D eigenvalue weighted by atomic mass is 9.91. The smallest absolute Gasteiger partial charge is 0.126 e. The molecule has 12 bridgehead atoms. The first-order valence-electron chi connectivity index (χ1n) is 39.9. The highest BCUT2D eigenvalue weighted by atomic mass is 16.5. The summed E-state index contributed by atoms with van der Waals surface area (Å²) in [6, 6.07) is 41.4. The van der Waals surface area contributed by atoms with Crippen LogP contribution in [0.25, 0.3) is 0 Å². The molecule has 0 saturated carbocycles. The lowest BCUT2D eigenvalue weighted by Crippen LogP contribution is -2.10. The number of unbranched alkanes of at least 4 members (excludes halogenated alkanes) is 30. The number of benzene rings is 6. The summed E-state index contributed by atoms with van der Waals surface area (Å²) in [6.45, 7) is 17.9. The Balaban J connectivity index is 1.41. The molecule has 6 nitrogen and oxygen atoms in total. The molecule has 7 rings (SSSR count). The molecule has 96 heavy (non-hydrogen) atoms. The van der Waals surface area contributed by atoms with E-state index in [-0.39, 0.29) is 0 Å². The van der Waals surface area contributed by atoms with Gasteiger partial charge in [-0.1, -0.05) is 343 Å². The number of rotatable bonds is 48. The minimum absolute atomic E-state index is 0.686. The summed E-state index contributed by atoms with van der Waals surface area (Å²) in [5.74, 6) is 6.05. The third-order valence-corrected chi connectivity index (χ3v) is 19.8. The molecule has 0 atom stereocenters. The van der Waals surface area contributed by atoms with Crippen molar-refractivity contribution in [1.82, 2.24) is 0 Å². The molecule has 0 heterocycles. The highest BCUT2D eigenvalue weighted by Gasteiger charge is 2.24. The summed E-state index contributed by atoms with van der Waals surface area (Å²) >= 11 is 0. The van der Waals surface area contributed by atoms with Gasteiger partial charge in [-0.05, 0) is 105 Å². The third kappa shape index (κ3) is 27.4. The molecule has 528 valence electrons. The van der Waals surface area contributed by atoms with Crippen molar-refractivity contribution in [2.24, 2.45) is 0 Å². The van der Waals surface area contributed by atoms with E-state index in [0.717, 1.165) is 73.0 Å². The SMILES string of the molecule is CCCCCCCCOc1c2cccc1Cc1cccc(c1OCCCCCCCC)Cc1cccc(c1OCCCCCCCC)Cc1cccc(c1OCCCCCCCC)Cc1cccc(c1OCCCCCCCC)Cc1cccc(c1OCCCCCCCC)C2.